The molecule has 1 aliphatic carbocycles. The highest BCUT2D eigenvalue weighted by Crippen LogP contribution is 2.69. The van der Waals surface area contributed by atoms with Crippen molar-refractivity contribution >= 4 is 0 Å². The molecule has 0 saturated heterocycles. The van der Waals surface area contributed by atoms with Gasteiger partial charge in [0.05, 0.1) is 49.4 Å². The summed E-state index contributed by atoms with van der Waals surface area (Å²) in [4.78, 5) is 4.21. The highest BCUT2D eigenvalue weighted by molar-refractivity contribution is 5.59. The molecule has 0 spiro atoms. The average Bonchev–Trinajstić information content (AvgIpc) is 3.28. The summed E-state index contributed by atoms with van der Waals surface area (Å²) in [5.74, 6) is -0.344. The van der Waals surface area contributed by atoms with E-state index in [0.29, 0.717) is 41.3 Å². The molecule has 8 nitrogen and oxygen atoms in total. The second kappa shape index (κ2) is 8.95. The molecule has 5 rings (SSSR count). The number of aromatic nitrogens is 1. The number of ether oxygens (including phenoxy) is 2. The molecule has 0 bridgehead atoms. The van der Waals surface area contributed by atoms with Crippen molar-refractivity contribution in [2.45, 2.75) is 23.2 Å². The summed E-state index contributed by atoms with van der Waals surface area (Å²) in [6.45, 7) is 0.619. The number of aliphatic hydroxyl groups is 3. The molecule has 2 heterocycles. The fourth-order valence-electron chi connectivity index (χ4n) is 5.90. The van der Waals surface area contributed by atoms with Gasteiger partial charge in [0.2, 0.25) is 0 Å². The van der Waals surface area contributed by atoms with Crippen molar-refractivity contribution in [3.05, 3.63) is 89.2 Å². The standard InChI is InChI=1S/C27H27N3O5/c1-34-21-15-30-16-22-24(21)26(33)25(32)20(14-29-11-12-31)23(18-5-3-2-4-6-18)27(26,35-22)19-9-7-17(13-28)8-10-19/h2-10,15-16,20,23,25,29,31-33H,11-12,14H2,1H3/t20-,23?,25-,26+,27?/m1/s1. The maximum absolute atomic E-state index is 12.6. The van der Waals surface area contributed by atoms with Crippen LogP contribution in [0, 0.1) is 17.2 Å². The molecule has 0 amide bonds. The summed E-state index contributed by atoms with van der Waals surface area (Å²) in [5.41, 5.74) is -1.02. The van der Waals surface area contributed by atoms with Gasteiger partial charge in [0.15, 0.2) is 11.2 Å². The summed E-state index contributed by atoms with van der Waals surface area (Å²) in [6, 6.07) is 18.7. The lowest BCUT2D eigenvalue weighted by Crippen LogP contribution is -2.52. The monoisotopic (exact) mass is 473 g/mol. The van der Waals surface area contributed by atoms with Crippen molar-refractivity contribution in [3.8, 4) is 17.6 Å². The van der Waals surface area contributed by atoms with Crippen LogP contribution in [0.15, 0.2) is 67.0 Å². The third-order valence-electron chi connectivity index (χ3n) is 7.28. The van der Waals surface area contributed by atoms with Crippen molar-refractivity contribution in [2.24, 2.45) is 5.92 Å². The SMILES string of the molecule is COc1cncc2c1[C@]1(O)[C@H](O)[C@H](CNCCO)C(c3ccccc3)C1(c1ccc(C#N)cc1)O2. The Labute approximate surface area is 203 Å². The minimum atomic E-state index is -1.89. The third-order valence-corrected chi connectivity index (χ3v) is 7.28. The number of aliphatic hydroxyl groups excluding tert-OH is 2. The van der Waals surface area contributed by atoms with E-state index in [1.807, 2.05) is 30.3 Å². The van der Waals surface area contributed by atoms with Crippen LogP contribution in [0.1, 0.15) is 28.2 Å². The molecule has 8 heteroatoms. The lowest BCUT2D eigenvalue weighted by Gasteiger charge is -2.41. The van der Waals surface area contributed by atoms with Gasteiger partial charge in [-0.1, -0.05) is 42.5 Å². The van der Waals surface area contributed by atoms with Gasteiger partial charge >= 0.3 is 0 Å². The number of nitriles is 1. The van der Waals surface area contributed by atoms with E-state index in [2.05, 4.69) is 16.4 Å². The highest BCUT2D eigenvalue weighted by atomic mass is 16.5. The smallest absolute Gasteiger partial charge is 0.177 e. The first-order chi connectivity index (χ1) is 17.0. The van der Waals surface area contributed by atoms with Crippen molar-refractivity contribution in [2.75, 3.05) is 26.8 Å². The second-order valence-electron chi connectivity index (χ2n) is 8.93. The molecule has 2 aliphatic rings. The quantitative estimate of drug-likeness (QED) is 0.383. The van der Waals surface area contributed by atoms with E-state index in [0.717, 1.165) is 5.56 Å². The number of fused-ring (bicyclic) bond motifs is 3. The summed E-state index contributed by atoms with van der Waals surface area (Å²) < 4.78 is 12.3. The second-order valence-corrected chi connectivity index (χ2v) is 8.93. The zero-order valence-electron chi connectivity index (χ0n) is 19.3. The van der Waals surface area contributed by atoms with Gasteiger partial charge in [0.1, 0.15) is 11.5 Å². The number of pyridine rings is 1. The van der Waals surface area contributed by atoms with Crippen LogP contribution in [0.5, 0.6) is 11.5 Å². The predicted octanol–water partition coefficient (Wildman–Crippen LogP) is 1.79. The van der Waals surface area contributed by atoms with Gasteiger partial charge < -0.3 is 30.1 Å². The molecule has 1 aromatic heterocycles. The molecule has 35 heavy (non-hydrogen) atoms. The lowest BCUT2D eigenvalue weighted by atomic mass is 9.70. The zero-order valence-corrected chi connectivity index (χ0v) is 19.3. The van der Waals surface area contributed by atoms with E-state index in [4.69, 9.17) is 9.47 Å². The Bertz CT molecular complexity index is 1250. The van der Waals surface area contributed by atoms with Crippen LogP contribution in [-0.2, 0) is 11.2 Å². The number of nitrogens with zero attached hydrogens (tertiary/aromatic N) is 2. The Balaban J connectivity index is 1.80. The normalized spacial score (nSPS) is 28.6. The van der Waals surface area contributed by atoms with Crippen LogP contribution in [0.3, 0.4) is 0 Å². The first-order valence-electron chi connectivity index (χ1n) is 11.5. The molecule has 1 aliphatic heterocycles. The molecular weight excluding hydrogens is 446 g/mol. The van der Waals surface area contributed by atoms with Crippen molar-refractivity contribution in [1.29, 1.82) is 5.26 Å². The van der Waals surface area contributed by atoms with Gasteiger partial charge in [-0.25, -0.2) is 0 Å². The molecule has 2 aromatic carbocycles. The molecule has 2 unspecified atom stereocenters. The summed E-state index contributed by atoms with van der Waals surface area (Å²) in [5, 5.41) is 46.4. The van der Waals surface area contributed by atoms with Crippen LogP contribution in [-0.4, -0.2) is 53.2 Å². The van der Waals surface area contributed by atoms with Gasteiger partial charge in [-0.05, 0) is 23.3 Å². The maximum atomic E-state index is 12.6. The van der Waals surface area contributed by atoms with Crippen LogP contribution < -0.4 is 14.8 Å². The molecule has 5 atom stereocenters. The first-order valence-corrected chi connectivity index (χ1v) is 11.5. The van der Waals surface area contributed by atoms with Gasteiger partial charge in [-0.3, -0.25) is 4.98 Å². The van der Waals surface area contributed by atoms with Crippen molar-refractivity contribution in [3.63, 3.8) is 0 Å². The van der Waals surface area contributed by atoms with Gasteiger partial charge in [0, 0.05) is 24.9 Å². The molecule has 0 radical (unpaired) electrons. The van der Waals surface area contributed by atoms with E-state index in [-0.39, 0.29) is 6.61 Å². The molecule has 180 valence electrons. The number of benzene rings is 2. The Morgan fingerprint density at radius 1 is 1.14 bits per heavy atom. The largest absolute Gasteiger partial charge is 0.495 e. The number of hydrogen-bond donors (Lipinski definition) is 4. The van der Waals surface area contributed by atoms with Gasteiger partial charge in [-0.15, -0.1) is 0 Å². The summed E-state index contributed by atoms with van der Waals surface area (Å²) in [7, 11) is 1.48. The van der Waals surface area contributed by atoms with Crippen LogP contribution in [0.25, 0.3) is 0 Å². The number of methoxy groups -OCH3 is 1. The predicted molar refractivity (Wildman–Crippen MR) is 127 cm³/mol. The fourth-order valence-corrected chi connectivity index (χ4v) is 5.90. The first kappa shape index (κ1) is 23.3. The number of nitrogens with one attached hydrogen (secondary N) is 1. The third kappa shape index (κ3) is 3.24. The average molecular weight is 474 g/mol. The van der Waals surface area contributed by atoms with E-state index in [1.54, 1.807) is 24.3 Å². The molecule has 4 N–H and O–H groups in total. The molecule has 3 aromatic rings. The minimum absolute atomic E-state index is 0.0529. The zero-order chi connectivity index (χ0) is 24.6. The lowest BCUT2D eigenvalue weighted by molar-refractivity contribution is -0.152. The Hall–Kier alpha value is -3.48. The van der Waals surface area contributed by atoms with E-state index in [9.17, 15) is 20.6 Å². The number of rotatable bonds is 7. The number of hydrogen-bond acceptors (Lipinski definition) is 8. The van der Waals surface area contributed by atoms with Crippen molar-refractivity contribution < 1.29 is 24.8 Å². The fraction of sp³-hybridized carbons (Fsp3) is 0.333. The molecular formula is C27H27N3O5. The van der Waals surface area contributed by atoms with E-state index >= 15 is 0 Å². The van der Waals surface area contributed by atoms with Crippen LogP contribution in [0.2, 0.25) is 0 Å². The van der Waals surface area contributed by atoms with Gasteiger partial charge in [0.25, 0.3) is 0 Å². The Morgan fingerprint density at radius 3 is 2.54 bits per heavy atom. The molecule has 1 saturated carbocycles. The van der Waals surface area contributed by atoms with Crippen molar-refractivity contribution in [1.82, 2.24) is 10.3 Å². The van der Waals surface area contributed by atoms with Crippen LogP contribution in [0.4, 0.5) is 0 Å². The Morgan fingerprint density at radius 2 is 1.89 bits per heavy atom. The van der Waals surface area contributed by atoms with E-state index < -0.39 is 29.1 Å². The maximum Gasteiger partial charge on any atom is 0.177 e. The summed E-state index contributed by atoms with van der Waals surface area (Å²) >= 11 is 0. The van der Waals surface area contributed by atoms with E-state index in [1.165, 1.54) is 19.5 Å². The highest BCUT2D eigenvalue weighted by Gasteiger charge is 2.76. The molecule has 1 fully saturated rings. The minimum Gasteiger partial charge on any atom is -0.495 e. The summed E-state index contributed by atoms with van der Waals surface area (Å²) in [6.07, 6.45) is 1.76. The topological polar surface area (TPSA) is 128 Å². The Kier molecular flexibility index (Phi) is 5.95. The van der Waals surface area contributed by atoms with Crippen LogP contribution >= 0.6 is 0 Å². The van der Waals surface area contributed by atoms with Gasteiger partial charge in [-0.2, -0.15) is 5.26 Å².